The molecule has 2 saturated heterocycles. The van der Waals surface area contributed by atoms with Crippen LogP contribution in [0.5, 0.6) is 0 Å². The molecular formula is C23H35N3O2. The lowest BCUT2D eigenvalue weighted by Crippen LogP contribution is -2.40. The van der Waals surface area contributed by atoms with Crippen molar-refractivity contribution in [2.45, 2.75) is 59.3 Å². The molecule has 0 unspecified atom stereocenters. The van der Waals surface area contributed by atoms with Crippen LogP contribution in [0.4, 0.5) is 11.4 Å². The number of hydrogen-bond donors (Lipinski definition) is 1. The average molecular weight is 386 g/mol. The third kappa shape index (κ3) is 5.06. The first-order chi connectivity index (χ1) is 13.5. The third-order valence-corrected chi connectivity index (χ3v) is 6.18. The van der Waals surface area contributed by atoms with Crippen LogP contribution in [0.25, 0.3) is 0 Å². The molecule has 2 aliphatic heterocycles. The molecule has 2 aliphatic rings. The van der Waals surface area contributed by atoms with E-state index in [1.165, 1.54) is 0 Å². The number of anilines is 2. The molecule has 0 bridgehead atoms. The molecule has 28 heavy (non-hydrogen) atoms. The van der Waals surface area contributed by atoms with E-state index >= 15 is 0 Å². The van der Waals surface area contributed by atoms with Crippen molar-refractivity contribution in [3.8, 4) is 0 Å². The summed E-state index contributed by atoms with van der Waals surface area (Å²) in [4.78, 5) is 29.8. The van der Waals surface area contributed by atoms with E-state index in [4.69, 9.17) is 0 Å². The van der Waals surface area contributed by atoms with Crippen LogP contribution in [0.15, 0.2) is 18.2 Å². The molecule has 3 rings (SSSR count). The van der Waals surface area contributed by atoms with E-state index in [-0.39, 0.29) is 11.8 Å². The first kappa shape index (κ1) is 20.7. The maximum Gasteiger partial charge on any atom is 0.256 e. The van der Waals surface area contributed by atoms with Crippen LogP contribution in [0.2, 0.25) is 0 Å². The van der Waals surface area contributed by atoms with Crippen LogP contribution >= 0.6 is 0 Å². The van der Waals surface area contributed by atoms with Crippen LogP contribution in [-0.4, -0.2) is 42.9 Å². The summed E-state index contributed by atoms with van der Waals surface area (Å²) in [5.41, 5.74) is 2.48. The molecule has 0 aliphatic carbocycles. The van der Waals surface area contributed by atoms with Gasteiger partial charge in [-0.15, -0.1) is 0 Å². The van der Waals surface area contributed by atoms with Crippen LogP contribution in [0.3, 0.4) is 0 Å². The topological polar surface area (TPSA) is 52.7 Å². The van der Waals surface area contributed by atoms with Gasteiger partial charge in [-0.25, -0.2) is 0 Å². The minimum absolute atomic E-state index is 0.00671. The zero-order valence-corrected chi connectivity index (χ0v) is 17.7. The van der Waals surface area contributed by atoms with E-state index in [0.717, 1.165) is 81.1 Å². The van der Waals surface area contributed by atoms with Gasteiger partial charge < -0.3 is 15.1 Å². The lowest BCUT2D eigenvalue weighted by atomic mass is 9.96. The van der Waals surface area contributed by atoms with Crippen molar-refractivity contribution < 1.29 is 9.59 Å². The SMILES string of the molecule is CCCC(=O)Nc1ccc(N2CCC(C)CC2)c(C(=O)N2CCC(C)CC2)c1. The fourth-order valence-electron chi connectivity index (χ4n) is 4.14. The van der Waals surface area contributed by atoms with Gasteiger partial charge in [0.15, 0.2) is 0 Å². The minimum Gasteiger partial charge on any atom is -0.371 e. The lowest BCUT2D eigenvalue weighted by molar-refractivity contribution is -0.116. The maximum absolute atomic E-state index is 13.4. The Labute approximate surface area is 169 Å². The number of carbonyl (C=O) groups is 2. The summed E-state index contributed by atoms with van der Waals surface area (Å²) in [5, 5.41) is 2.96. The smallest absolute Gasteiger partial charge is 0.256 e. The summed E-state index contributed by atoms with van der Waals surface area (Å²) in [6.45, 7) is 10.2. The van der Waals surface area contributed by atoms with E-state index in [1.54, 1.807) is 0 Å². The van der Waals surface area contributed by atoms with Gasteiger partial charge in [-0.05, 0) is 62.1 Å². The van der Waals surface area contributed by atoms with Crippen molar-refractivity contribution in [1.82, 2.24) is 4.90 Å². The Morgan fingerprint density at radius 3 is 2.21 bits per heavy atom. The van der Waals surface area contributed by atoms with Gasteiger partial charge in [0.1, 0.15) is 0 Å². The molecule has 0 radical (unpaired) electrons. The van der Waals surface area contributed by atoms with Gasteiger partial charge >= 0.3 is 0 Å². The van der Waals surface area contributed by atoms with Crippen LogP contribution in [-0.2, 0) is 4.79 Å². The minimum atomic E-state index is 0.00671. The van der Waals surface area contributed by atoms with Crippen molar-refractivity contribution in [3.05, 3.63) is 23.8 Å². The van der Waals surface area contributed by atoms with Crippen molar-refractivity contribution in [1.29, 1.82) is 0 Å². The number of piperidine rings is 2. The monoisotopic (exact) mass is 385 g/mol. The summed E-state index contributed by atoms with van der Waals surface area (Å²) in [6.07, 6.45) is 5.75. The summed E-state index contributed by atoms with van der Waals surface area (Å²) < 4.78 is 0. The van der Waals surface area contributed by atoms with E-state index in [1.807, 2.05) is 30.0 Å². The normalized spacial score (nSPS) is 19.0. The van der Waals surface area contributed by atoms with Crippen LogP contribution < -0.4 is 10.2 Å². The van der Waals surface area contributed by atoms with Crippen LogP contribution in [0.1, 0.15) is 69.7 Å². The van der Waals surface area contributed by atoms with Crippen LogP contribution in [0, 0.1) is 11.8 Å². The van der Waals surface area contributed by atoms with Crippen molar-refractivity contribution >= 4 is 23.2 Å². The van der Waals surface area contributed by atoms with Gasteiger partial charge in [-0.3, -0.25) is 9.59 Å². The fraction of sp³-hybridized carbons (Fsp3) is 0.652. The first-order valence-corrected chi connectivity index (χ1v) is 11.0. The van der Waals surface area contributed by atoms with Crippen molar-refractivity contribution in [2.24, 2.45) is 11.8 Å². The summed E-state index contributed by atoms with van der Waals surface area (Å²) in [5.74, 6) is 1.54. The second-order valence-corrected chi connectivity index (χ2v) is 8.67. The number of benzene rings is 1. The predicted molar refractivity (Wildman–Crippen MR) is 115 cm³/mol. The molecule has 5 nitrogen and oxygen atoms in total. The summed E-state index contributed by atoms with van der Waals surface area (Å²) >= 11 is 0. The van der Waals surface area contributed by atoms with Gasteiger partial charge in [0.2, 0.25) is 5.91 Å². The number of hydrogen-bond acceptors (Lipinski definition) is 3. The second kappa shape index (κ2) is 9.44. The van der Waals surface area contributed by atoms with Gasteiger partial charge in [-0.1, -0.05) is 20.8 Å². The molecule has 0 aromatic heterocycles. The van der Waals surface area contributed by atoms with Gasteiger partial charge in [-0.2, -0.15) is 0 Å². The molecule has 5 heteroatoms. The first-order valence-electron chi connectivity index (χ1n) is 11.0. The van der Waals surface area contributed by atoms with E-state index in [0.29, 0.717) is 12.3 Å². The molecule has 0 atom stereocenters. The summed E-state index contributed by atoms with van der Waals surface area (Å²) in [6, 6.07) is 5.86. The molecule has 1 N–H and O–H groups in total. The standard InChI is InChI=1S/C23H35N3O2/c1-4-5-22(27)24-19-6-7-21(25-12-8-17(2)9-13-25)20(16-19)23(28)26-14-10-18(3)11-15-26/h6-7,16-18H,4-5,8-15H2,1-3H3,(H,24,27). The zero-order chi connectivity index (χ0) is 20.1. The highest BCUT2D eigenvalue weighted by Crippen LogP contribution is 2.30. The average Bonchev–Trinajstić information content (AvgIpc) is 2.69. The molecule has 0 saturated carbocycles. The number of nitrogens with one attached hydrogen (secondary N) is 1. The number of carbonyl (C=O) groups excluding carboxylic acids is 2. The number of amides is 2. The number of likely N-dealkylation sites (tertiary alicyclic amines) is 1. The van der Waals surface area contributed by atoms with Gasteiger partial charge in [0, 0.05) is 44.0 Å². The Morgan fingerprint density at radius 1 is 1.00 bits per heavy atom. The Hall–Kier alpha value is -2.04. The van der Waals surface area contributed by atoms with E-state index in [2.05, 4.69) is 24.1 Å². The molecule has 1 aromatic carbocycles. The second-order valence-electron chi connectivity index (χ2n) is 8.67. The molecule has 2 fully saturated rings. The molecular weight excluding hydrogens is 350 g/mol. The molecule has 2 heterocycles. The highest BCUT2D eigenvalue weighted by molar-refractivity contribution is 6.02. The fourth-order valence-corrected chi connectivity index (χ4v) is 4.14. The number of rotatable bonds is 5. The highest BCUT2D eigenvalue weighted by Gasteiger charge is 2.26. The third-order valence-electron chi connectivity index (χ3n) is 6.18. The number of nitrogens with zero attached hydrogens (tertiary/aromatic N) is 2. The van der Waals surface area contributed by atoms with Crippen molar-refractivity contribution in [2.75, 3.05) is 36.4 Å². The lowest BCUT2D eigenvalue weighted by Gasteiger charge is -2.35. The van der Waals surface area contributed by atoms with Gasteiger partial charge in [0.05, 0.1) is 5.56 Å². The largest absolute Gasteiger partial charge is 0.371 e. The Balaban J connectivity index is 1.85. The van der Waals surface area contributed by atoms with Crippen molar-refractivity contribution in [3.63, 3.8) is 0 Å². The molecule has 1 aromatic rings. The van der Waals surface area contributed by atoms with E-state index < -0.39 is 0 Å². The predicted octanol–water partition coefficient (Wildman–Crippen LogP) is 4.53. The van der Waals surface area contributed by atoms with E-state index in [9.17, 15) is 9.59 Å². The Kier molecular flexibility index (Phi) is 6.97. The highest BCUT2D eigenvalue weighted by atomic mass is 16.2. The summed E-state index contributed by atoms with van der Waals surface area (Å²) in [7, 11) is 0. The zero-order valence-electron chi connectivity index (χ0n) is 17.7. The molecule has 0 spiro atoms. The molecule has 154 valence electrons. The van der Waals surface area contributed by atoms with Gasteiger partial charge in [0.25, 0.3) is 5.91 Å². The maximum atomic E-state index is 13.4. The quantitative estimate of drug-likeness (QED) is 0.810. The Bertz CT molecular complexity index is 687. The Morgan fingerprint density at radius 2 is 1.61 bits per heavy atom. The molecule has 2 amide bonds.